The summed E-state index contributed by atoms with van der Waals surface area (Å²) in [7, 11) is 0. The van der Waals surface area contributed by atoms with Crippen molar-refractivity contribution in [3.05, 3.63) is 59.7 Å². The van der Waals surface area contributed by atoms with Crippen LogP contribution in [0.25, 0.3) is 0 Å². The van der Waals surface area contributed by atoms with Crippen LogP contribution in [0.4, 0.5) is 5.69 Å². The lowest BCUT2D eigenvalue weighted by molar-refractivity contribution is 0.0918. The molecule has 0 unspecified atom stereocenters. The van der Waals surface area contributed by atoms with Crippen molar-refractivity contribution in [1.29, 1.82) is 0 Å². The molecule has 0 heterocycles. The Morgan fingerprint density at radius 2 is 1.65 bits per heavy atom. The van der Waals surface area contributed by atoms with Crippen LogP contribution in [0.3, 0.4) is 0 Å². The number of nitrogens with one attached hydrogen (secondary N) is 3. The van der Waals surface area contributed by atoms with Crippen molar-refractivity contribution in [2.24, 2.45) is 0 Å². The molecule has 0 atom stereocenters. The first-order valence-electron chi connectivity index (χ1n) is 10.0. The van der Waals surface area contributed by atoms with Crippen molar-refractivity contribution < 1.29 is 19.1 Å². The number of rotatable bonds is 8. The zero-order valence-corrected chi connectivity index (χ0v) is 19.1. The summed E-state index contributed by atoms with van der Waals surface area (Å²) >= 11 is 5.25. The Balaban J connectivity index is 1.95. The Morgan fingerprint density at radius 1 is 0.968 bits per heavy atom. The van der Waals surface area contributed by atoms with E-state index in [1.807, 2.05) is 27.7 Å². The highest BCUT2D eigenvalue weighted by atomic mass is 32.1. The third-order valence-electron chi connectivity index (χ3n) is 3.89. The number of ether oxygens (including phenoxy) is 2. The van der Waals surface area contributed by atoms with Crippen LogP contribution in [-0.2, 0) is 4.74 Å². The molecule has 0 aromatic heterocycles. The van der Waals surface area contributed by atoms with Crippen molar-refractivity contribution in [3.8, 4) is 5.75 Å². The van der Waals surface area contributed by atoms with Gasteiger partial charge in [0.1, 0.15) is 12.4 Å². The van der Waals surface area contributed by atoms with E-state index in [-0.39, 0.29) is 22.5 Å². The molecule has 0 aliphatic carbocycles. The van der Waals surface area contributed by atoms with Crippen LogP contribution in [0.2, 0.25) is 0 Å². The minimum Gasteiger partial charge on any atom is -0.491 e. The SMILES string of the molecule is CCOCCOc1cccc(C(=O)NC(=S)Nc2cccc(C(=O)NC(C)(C)C)c2)c1. The van der Waals surface area contributed by atoms with Gasteiger partial charge in [-0.2, -0.15) is 0 Å². The van der Waals surface area contributed by atoms with Gasteiger partial charge in [-0.1, -0.05) is 12.1 Å². The summed E-state index contributed by atoms with van der Waals surface area (Å²) in [5.74, 6) is 0.0189. The maximum Gasteiger partial charge on any atom is 0.257 e. The molecule has 2 aromatic rings. The third kappa shape index (κ3) is 8.74. The number of anilines is 1. The molecule has 3 N–H and O–H groups in total. The van der Waals surface area contributed by atoms with E-state index < -0.39 is 0 Å². The second-order valence-corrected chi connectivity index (χ2v) is 8.17. The van der Waals surface area contributed by atoms with E-state index in [0.717, 1.165) is 0 Å². The summed E-state index contributed by atoms with van der Waals surface area (Å²) in [6, 6.07) is 13.7. The maximum atomic E-state index is 12.5. The maximum absolute atomic E-state index is 12.5. The van der Waals surface area contributed by atoms with Crippen LogP contribution in [0, 0.1) is 0 Å². The number of amides is 2. The second kappa shape index (κ2) is 11.4. The fraction of sp³-hybridized carbons (Fsp3) is 0.348. The number of carbonyl (C=O) groups excluding carboxylic acids is 2. The van der Waals surface area contributed by atoms with E-state index >= 15 is 0 Å². The summed E-state index contributed by atoms with van der Waals surface area (Å²) < 4.78 is 10.8. The molecule has 2 aromatic carbocycles. The second-order valence-electron chi connectivity index (χ2n) is 7.77. The molecular formula is C23H29N3O4S. The average Bonchev–Trinajstić information content (AvgIpc) is 2.70. The summed E-state index contributed by atoms with van der Waals surface area (Å²) in [6.07, 6.45) is 0. The highest BCUT2D eigenvalue weighted by molar-refractivity contribution is 7.80. The predicted octanol–water partition coefficient (Wildman–Crippen LogP) is 3.76. The highest BCUT2D eigenvalue weighted by Crippen LogP contribution is 2.14. The van der Waals surface area contributed by atoms with Crippen molar-refractivity contribution >= 4 is 34.8 Å². The smallest absolute Gasteiger partial charge is 0.257 e. The number of hydrogen-bond donors (Lipinski definition) is 3. The summed E-state index contributed by atoms with van der Waals surface area (Å²) in [5.41, 5.74) is 1.16. The number of hydrogen-bond acceptors (Lipinski definition) is 5. The summed E-state index contributed by atoms with van der Waals surface area (Å²) in [6.45, 7) is 9.16. The summed E-state index contributed by atoms with van der Waals surface area (Å²) in [4.78, 5) is 24.9. The van der Waals surface area contributed by atoms with E-state index in [2.05, 4.69) is 16.0 Å². The van der Waals surface area contributed by atoms with Gasteiger partial charge in [-0.15, -0.1) is 0 Å². The Bertz CT molecular complexity index is 925. The van der Waals surface area contributed by atoms with Gasteiger partial charge >= 0.3 is 0 Å². The first-order valence-corrected chi connectivity index (χ1v) is 10.4. The lowest BCUT2D eigenvalue weighted by Gasteiger charge is -2.20. The van der Waals surface area contributed by atoms with E-state index in [0.29, 0.717) is 42.4 Å². The minimum atomic E-state index is -0.366. The van der Waals surface area contributed by atoms with Crippen molar-refractivity contribution in [2.45, 2.75) is 33.2 Å². The van der Waals surface area contributed by atoms with Gasteiger partial charge in [-0.25, -0.2) is 0 Å². The molecular weight excluding hydrogens is 414 g/mol. The normalized spacial score (nSPS) is 10.8. The Labute approximate surface area is 188 Å². The predicted molar refractivity (Wildman–Crippen MR) is 126 cm³/mol. The Hall–Kier alpha value is -2.97. The topological polar surface area (TPSA) is 88.7 Å². The highest BCUT2D eigenvalue weighted by Gasteiger charge is 2.16. The monoisotopic (exact) mass is 443 g/mol. The fourth-order valence-corrected chi connectivity index (χ4v) is 2.79. The van der Waals surface area contributed by atoms with Crippen LogP contribution in [0.15, 0.2) is 48.5 Å². The van der Waals surface area contributed by atoms with E-state index in [1.165, 1.54) is 0 Å². The van der Waals surface area contributed by atoms with Gasteiger partial charge in [-0.05, 0) is 76.3 Å². The Morgan fingerprint density at radius 3 is 2.32 bits per heavy atom. The standard InChI is InChI=1S/C23H29N3O4S/c1-5-29-12-13-30-19-11-7-9-17(15-19)20(27)25-22(31)24-18-10-6-8-16(14-18)21(28)26-23(2,3)4/h6-11,14-15H,5,12-13H2,1-4H3,(H,26,28)(H2,24,25,27,31). The molecule has 0 fully saturated rings. The lowest BCUT2D eigenvalue weighted by atomic mass is 10.1. The quantitative estimate of drug-likeness (QED) is 0.425. The molecule has 0 aliphatic rings. The van der Waals surface area contributed by atoms with Gasteiger partial charge in [0, 0.05) is 29.0 Å². The van der Waals surface area contributed by atoms with E-state index in [9.17, 15) is 9.59 Å². The largest absolute Gasteiger partial charge is 0.491 e. The Kier molecular flexibility index (Phi) is 8.96. The summed E-state index contributed by atoms with van der Waals surface area (Å²) in [5, 5.41) is 8.60. The van der Waals surface area contributed by atoms with Crippen LogP contribution in [0.1, 0.15) is 48.4 Å². The molecule has 2 rings (SSSR count). The van der Waals surface area contributed by atoms with Crippen LogP contribution in [-0.4, -0.2) is 42.3 Å². The van der Waals surface area contributed by atoms with Gasteiger partial charge in [0.15, 0.2) is 5.11 Å². The van der Waals surface area contributed by atoms with Gasteiger partial charge in [0.05, 0.1) is 6.61 Å². The molecule has 2 amide bonds. The van der Waals surface area contributed by atoms with Gasteiger partial charge in [0.2, 0.25) is 0 Å². The number of benzene rings is 2. The first kappa shape index (κ1) is 24.3. The van der Waals surface area contributed by atoms with E-state index in [4.69, 9.17) is 21.7 Å². The van der Waals surface area contributed by atoms with Gasteiger partial charge in [0.25, 0.3) is 11.8 Å². The molecule has 0 aliphatic heterocycles. The molecule has 7 nitrogen and oxygen atoms in total. The molecule has 0 spiro atoms. The van der Waals surface area contributed by atoms with Crippen molar-refractivity contribution in [2.75, 3.05) is 25.1 Å². The minimum absolute atomic E-state index is 0.126. The lowest BCUT2D eigenvalue weighted by Crippen LogP contribution is -2.40. The fourth-order valence-electron chi connectivity index (χ4n) is 2.58. The molecule has 166 valence electrons. The molecule has 0 saturated carbocycles. The number of thiocarbonyl (C=S) groups is 1. The molecule has 0 bridgehead atoms. The molecule has 0 radical (unpaired) electrons. The number of carbonyl (C=O) groups is 2. The van der Waals surface area contributed by atoms with Gasteiger partial charge in [-0.3, -0.25) is 14.9 Å². The zero-order valence-electron chi connectivity index (χ0n) is 18.3. The van der Waals surface area contributed by atoms with Gasteiger partial charge < -0.3 is 20.1 Å². The van der Waals surface area contributed by atoms with E-state index in [1.54, 1.807) is 48.5 Å². The molecule has 31 heavy (non-hydrogen) atoms. The van der Waals surface area contributed by atoms with Crippen LogP contribution >= 0.6 is 12.2 Å². The third-order valence-corrected chi connectivity index (χ3v) is 4.10. The van der Waals surface area contributed by atoms with Crippen LogP contribution in [0.5, 0.6) is 5.75 Å². The average molecular weight is 444 g/mol. The first-order chi connectivity index (χ1) is 14.7. The molecule has 8 heteroatoms. The van der Waals surface area contributed by atoms with Crippen molar-refractivity contribution in [3.63, 3.8) is 0 Å². The van der Waals surface area contributed by atoms with Crippen molar-refractivity contribution in [1.82, 2.24) is 10.6 Å². The zero-order chi connectivity index (χ0) is 22.9. The van der Waals surface area contributed by atoms with Crippen LogP contribution < -0.4 is 20.7 Å². The molecule has 0 saturated heterocycles.